The van der Waals surface area contributed by atoms with Crippen molar-refractivity contribution in [1.82, 2.24) is 0 Å². The monoisotopic (exact) mass is 296 g/mol. The molecule has 0 atom stereocenters. The van der Waals surface area contributed by atoms with Crippen LogP contribution in [0.25, 0.3) is 0 Å². The third-order valence-electron chi connectivity index (χ3n) is 2.85. The predicted octanol–water partition coefficient (Wildman–Crippen LogP) is 2.52. The molecule has 0 aliphatic heterocycles. The zero-order valence-electron chi connectivity index (χ0n) is 11.3. The van der Waals surface area contributed by atoms with E-state index >= 15 is 0 Å². The molecule has 2 heteroatoms. The van der Waals surface area contributed by atoms with Crippen LogP contribution in [0.4, 0.5) is 0 Å². The predicted molar refractivity (Wildman–Crippen MR) is 66.4 cm³/mol. The maximum Gasteiger partial charge on any atom is 0 e. The van der Waals surface area contributed by atoms with Gasteiger partial charge in [-0.15, -0.1) is 0 Å². The Morgan fingerprint density at radius 3 is 1.25 bits per heavy atom. The van der Waals surface area contributed by atoms with Crippen LogP contribution in [0.5, 0.6) is 0 Å². The fraction of sp³-hybridized carbons (Fsp3) is 0.929. The van der Waals surface area contributed by atoms with Gasteiger partial charge in [-0.2, -0.15) is 0 Å². The average Bonchev–Trinajstić information content (AvgIpc) is 2.21. The number of halogens is 1. The Hall–Kier alpha value is 0.913. The van der Waals surface area contributed by atoms with Gasteiger partial charge in [0.2, 0.25) is 0 Å². The Morgan fingerprint density at radius 2 is 0.938 bits per heavy atom. The molecular formula is C14H29ClZn-. The van der Waals surface area contributed by atoms with E-state index in [4.69, 9.17) is 0 Å². The van der Waals surface area contributed by atoms with Crippen LogP contribution in [0.3, 0.4) is 0 Å². The van der Waals surface area contributed by atoms with Gasteiger partial charge in [0.15, 0.2) is 0 Å². The SMILES string of the molecule is [CH2]CCCCCCCCCCCCC.[Cl-].[Zn]. The maximum atomic E-state index is 3.86. The zero-order valence-corrected chi connectivity index (χ0v) is 15.0. The Bertz CT molecular complexity index is 84.7. The van der Waals surface area contributed by atoms with E-state index in [0.717, 1.165) is 6.42 Å². The van der Waals surface area contributed by atoms with Gasteiger partial charge in [0, 0.05) is 19.5 Å². The minimum atomic E-state index is 0. The van der Waals surface area contributed by atoms with Crippen molar-refractivity contribution in [3.8, 4) is 0 Å². The topological polar surface area (TPSA) is 0 Å². The van der Waals surface area contributed by atoms with Crippen molar-refractivity contribution in [3.63, 3.8) is 0 Å². The molecule has 0 N–H and O–H groups in total. The number of hydrogen-bond donors (Lipinski definition) is 0. The first-order valence-electron chi connectivity index (χ1n) is 6.71. The Labute approximate surface area is 123 Å². The Morgan fingerprint density at radius 1 is 0.625 bits per heavy atom. The summed E-state index contributed by atoms with van der Waals surface area (Å²) < 4.78 is 0. The minimum absolute atomic E-state index is 0. The van der Waals surface area contributed by atoms with Crippen molar-refractivity contribution in [3.05, 3.63) is 6.92 Å². The third kappa shape index (κ3) is 20.3. The summed E-state index contributed by atoms with van der Waals surface area (Å²) in [5.41, 5.74) is 0. The molecule has 0 aliphatic rings. The zero-order chi connectivity index (χ0) is 10.5. The van der Waals surface area contributed by atoms with Crippen LogP contribution in [-0.4, -0.2) is 0 Å². The maximum absolute atomic E-state index is 3.86. The van der Waals surface area contributed by atoms with Crippen LogP contribution in [-0.2, 0) is 19.5 Å². The molecule has 1 radical (unpaired) electrons. The van der Waals surface area contributed by atoms with E-state index in [1.807, 2.05) is 0 Å². The fourth-order valence-corrected chi connectivity index (χ4v) is 1.84. The summed E-state index contributed by atoms with van der Waals surface area (Å²) in [6.07, 6.45) is 16.9. The summed E-state index contributed by atoms with van der Waals surface area (Å²) in [4.78, 5) is 0. The van der Waals surface area contributed by atoms with E-state index in [-0.39, 0.29) is 31.9 Å². The number of rotatable bonds is 11. The summed E-state index contributed by atoms with van der Waals surface area (Å²) in [6.45, 7) is 6.14. The quantitative estimate of drug-likeness (QED) is 0.406. The van der Waals surface area contributed by atoms with Crippen LogP contribution in [0, 0.1) is 6.92 Å². The van der Waals surface area contributed by atoms with E-state index in [1.54, 1.807) is 0 Å². The van der Waals surface area contributed by atoms with Gasteiger partial charge in [-0.3, -0.25) is 0 Å². The van der Waals surface area contributed by atoms with Crippen LogP contribution >= 0.6 is 0 Å². The fourth-order valence-electron chi connectivity index (χ4n) is 1.84. The Balaban J connectivity index is -0.000000845. The smallest absolute Gasteiger partial charge is 0 e. The molecule has 0 saturated heterocycles. The van der Waals surface area contributed by atoms with E-state index in [1.165, 1.54) is 70.6 Å². The van der Waals surface area contributed by atoms with Gasteiger partial charge in [-0.1, -0.05) is 90.9 Å². The second kappa shape index (κ2) is 21.2. The molecule has 0 amide bonds. The van der Waals surface area contributed by atoms with Crippen molar-refractivity contribution < 1.29 is 31.9 Å². The third-order valence-corrected chi connectivity index (χ3v) is 2.85. The molecule has 0 nitrogen and oxygen atoms in total. The largest absolute Gasteiger partial charge is 1.00 e. The summed E-state index contributed by atoms with van der Waals surface area (Å²) in [5, 5.41) is 0. The van der Waals surface area contributed by atoms with Gasteiger partial charge in [0.1, 0.15) is 0 Å². The van der Waals surface area contributed by atoms with Gasteiger partial charge < -0.3 is 12.4 Å². The minimum Gasteiger partial charge on any atom is -1.00 e. The first-order chi connectivity index (χ1) is 6.91. The van der Waals surface area contributed by atoms with Crippen molar-refractivity contribution in [2.75, 3.05) is 0 Å². The molecule has 0 spiro atoms. The second-order valence-electron chi connectivity index (χ2n) is 4.39. The van der Waals surface area contributed by atoms with Gasteiger partial charge in [-0.25, -0.2) is 0 Å². The van der Waals surface area contributed by atoms with Crippen molar-refractivity contribution in [2.24, 2.45) is 0 Å². The molecule has 0 saturated carbocycles. The van der Waals surface area contributed by atoms with Crippen molar-refractivity contribution in [1.29, 1.82) is 0 Å². The van der Waals surface area contributed by atoms with E-state index in [9.17, 15) is 0 Å². The standard InChI is InChI=1S/C14H29.ClH.Zn/c1-3-5-7-9-11-13-14-12-10-8-6-4-2;;/h1,3-14H2,2H3;1H;/p-1. The van der Waals surface area contributed by atoms with Crippen LogP contribution in [0.15, 0.2) is 0 Å². The molecule has 0 aromatic heterocycles. The first kappa shape index (κ1) is 22.1. The Kier molecular flexibility index (Phi) is 29.3. The molecule has 0 bridgehead atoms. The second-order valence-corrected chi connectivity index (χ2v) is 4.39. The summed E-state index contributed by atoms with van der Waals surface area (Å²) in [7, 11) is 0. The van der Waals surface area contributed by atoms with E-state index < -0.39 is 0 Å². The van der Waals surface area contributed by atoms with Crippen molar-refractivity contribution >= 4 is 0 Å². The number of hydrogen-bond acceptors (Lipinski definition) is 0. The molecule has 0 fully saturated rings. The van der Waals surface area contributed by atoms with Gasteiger partial charge >= 0.3 is 0 Å². The normalized spacial score (nSPS) is 9.38. The van der Waals surface area contributed by atoms with Crippen LogP contribution < -0.4 is 12.4 Å². The summed E-state index contributed by atoms with van der Waals surface area (Å²) >= 11 is 0. The molecule has 0 aromatic rings. The van der Waals surface area contributed by atoms with Crippen LogP contribution in [0.1, 0.15) is 84.0 Å². The van der Waals surface area contributed by atoms with E-state index in [2.05, 4.69) is 13.8 Å². The molecule has 0 heterocycles. The average molecular weight is 298 g/mol. The van der Waals surface area contributed by atoms with Gasteiger partial charge in [-0.05, 0) is 0 Å². The summed E-state index contributed by atoms with van der Waals surface area (Å²) in [5.74, 6) is 0. The first-order valence-corrected chi connectivity index (χ1v) is 6.71. The molecule has 95 valence electrons. The molecular weight excluding hydrogens is 269 g/mol. The van der Waals surface area contributed by atoms with Crippen LogP contribution in [0.2, 0.25) is 0 Å². The molecule has 16 heavy (non-hydrogen) atoms. The molecule has 0 unspecified atom stereocenters. The van der Waals surface area contributed by atoms with Gasteiger partial charge in [0.05, 0.1) is 0 Å². The molecule has 0 aliphatic carbocycles. The summed E-state index contributed by atoms with van der Waals surface area (Å²) in [6, 6.07) is 0. The van der Waals surface area contributed by atoms with E-state index in [0.29, 0.717) is 0 Å². The van der Waals surface area contributed by atoms with Crippen molar-refractivity contribution in [2.45, 2.75) is 84.0 Å². The molecule has 0 aromatic carbocycles. The van der Waals surface area contributed by atoms with Gasteiger partial charge in [0.25, 0.3) is 0 Å². The molecule has 0 rings (SSSR count). The number of unbranched alkanes of at least 4 members (excludes halogenated alkanes) is 11.